The number of aromatic amines is 1. The van der Waals surface area contributed by atoms with Gasteiger partial charge in [0.25, 0.3) is 5.91 Å². The van der Waals surface area contributed by atoms with E-state index in [4.69, 9.17) is 0 Å². The second kappa shape index (κ2) is 5.38. The highest BCUT2D eigenvalue weighted by atomic mass is 79.9. The van der Waals surface area contributed by atoms with Gasteiger partial charge in [0, 0.05) is 28.5 Å². The number of nitrogens with zero attached hydrogens (tertiary/aromatic N) is 1. The average molecular weight is 385 g/mol. The molecule has 22 heavy (non-hydrogen) atoms. The van der Waals surface area contributed by atoms with Crippen molar-refractivity contribution in [2.45, 2.75) is 19.4 Å². The summed E-state index contributed by atoms with van der Waals surface area (Å²) in [6.45, 7) is 1.90. The van der Waals surface area contributed by atoms with Gasteiger partial charge in [0.05, 0.1) is 11.5 Å². The molecule has 1 amide bonds. The zero-order chi connectivity index (χ0) is 16.1. The Balaban J connectivity index is 1.94. The van der Waals surface area contributed by atoms with E-state index in [0.29, 0.717) is 12.1 Å². The third-order valence-corrected chi connectivity index (χ3v) is 6.55. The smallest absolute Gasteiger partial charge is 0.270 e. The molecule has 1 aromatic carbocycles. The zero-order valence-electron chi connectivity index (χ0n) is 12.4. The standard InChI is InChI=1S/C15H17BrN2O3S/c1-9-12-7-10(16)3-4-13(12)17-14(9)15(19)18(2)11-5-6-22(20,21)8-11/h3-4,7,11,17H,5-6,8H2,1-2H3. The molecule has 0 radical (unpaired) electrons. The van der Waals surface area contributed by atoms with Crippen molar-refractivity contribution >= 4 is 42.6 Å². The van der Waals surface area contributed by atoms with E-state index >= 15 is 0 Å². The second-order valence-corrected chi connectivity index (χ2v) is 8.93. The van der Waals surface area contributed by atoms with Crippen LogP contribution in [0.15, 0.2) is 22.7 Å². The SMILES string of the molecule is Cc1c(C(=O)N(C)C2CCS(=O)(=O)C2)[nH]c2ccc(Br)cc12. The zero-order valence-corrected chi connectivity index (χ0v) is 14.8. The van der Waals surface area contributed by atoms with Crippen LogP contribution < -0.4 is 0 Å². The largest absolute Gasteiger partial charge is 0.350 e. The lowest BCUT2D eigenvalue weighted by atomic mass is 10.1. The summed E-state index contributed by atoms with van der Waals surface area (Å²) in [5.41, 5.74) is 2.31. The molecule has 0 spiro atoms. The minimum atomic E-state index is -3.01. The molecule has 1 aliphatic heterocycles. The molecule has 1 atom stereocenters. The fourth-order valence-corrected chi connectivity index (χ4v) is 5.07. The quantitative estimate of drug-likeness (QED) is 0.864. The number of hydrogen-bond donors (Lipinski definition) is 1. The highest BCUT2D eigenvalue weighted by Gasteiger charge is 2.33. The summed E-state index contributed by atoms with van der Waals surface area (Å²) in [6, 6.07) is 5.57. The fourth-order valence-electron chi connectivity index (χ4n) is 2.94. The summed E-state index contributed by atoms with van der Waals surface area (Å²) < 4.78 is 24.2. The van der Waals surface area contributed by atoms with Crippen molar-refractivity contribution < 1.29 is 13.2 Å². The number of rotatable bonds is 2. The van der Waals surface area contributed by atoms with Crippen molar-refractivity contribution in [1.29, 1.82) is 0 Å². The van der Waals surface area contributed by atoms with Crippen molar-refractivity contribution in [3.05, 3.63) is 33.9 Å². The maximum atomic E-state index is 12.7. The first-order valence-electron chi connectivity index (χ1n) is 7.04. The molecule has 0 bridgehead atoms. The Morgan fingerprint density at radius 1 is 1.41 bits per heavy atom. The van der Waals surface area contributed by atoms with Crippen LogP contribution in [0.25, 0.3) is 10.9 Å². The van der Waals surface area contributed by atoms with Crippen molar-refractivity contribution in [2.24, 2.45) is 0 Å². The number of carbonyl (C=O) groups excluding carboxylic acids is 1. The highest BCUT2D eigenvalue weighted by Crippen LogP contribution is 2.27. The molecule has 0 aliphatic carbocycles. The number of benzene rings is 1. The molecule has 1 unspecified atom stereocenters. The van der Waals surface area contributed by atoms with Crippen molar-refractivity contribution in [3.8, 4) is 0 Å². The number of aryl methyl sites for hydroxylation is 1. The lowest BCUT2D eigenvalue weighted by Crippen LogP contribution is -2.38. The number of halogens is 1. The van der Waals surface area contributed by atoms with Gasteiger partial charge in [-0.25, -0.2) is 8.42 Å². The molecule has 118 valence electrons. The van der Waals surface area contributed by atoms with Crippen LogP contribution in [0.3, 0.4) is 0 Å². The Labute approximate surface area is 137 Å². The molecule has 3 rings (SSSR count). The van der Waals surface area contributed by atoms with Crippen molar-refractivity contribution in [2.75, 3.05) is 18.6 Å². The highest BCUT2D eigenvalue weighted by molar-refractivity contribution is 9.10. The van der Waals surface area contributed by atoms with Gasteiger partial charge in [0.1, 0.15) is 5.69 Å². The minimum absolute atomic E-state index is 0.0556. The van der Waals surface area contributed by atoms with Gasteiger partial charge in [-0.2, -0.15) is 0 Å². The molecule has 5 nitrogen and oxygen atoms in total. The number of hydrogen-bond acceptors (Lipinski definition) is 3. The van der Waals surface area contributed by atoms with Crippen molar-refractivity contribution in [1.82, 2.24) is 9.88 Å². The third kappa shape index (κ3) is 2.67. The van der Waals surface area contributed by atoms with Gasteiger partial charge in [-0.05, 0) is 37.1 Å². The number of carbonyl (C=O) groups is 1. The van der Waals surface area contributed by atoms with E-state index in [2.05, 4.69) is 20.9 Å². The van der Waals surface area contributed by atoms with E-state index in [1.807, 2.05) is 25.1 Å². The Kier molecular flexibility index (Phi) is 3.81. The van der Waals surface area contributed by atoms with Gasteiger partial charge in [0.2, 0.25) is 0 Å². The van der Waals surface area contributed by atoms with Gasteiger partial charge in [-0.15, -0.1) is 0 Å². The lowest BCUT2D eigenvalue weighted by molar-refractivity contribution is 0.0742. The van der Waals surface area contributed by atoms with Crippen LogP contribution in [0.2, 0.25) is 0 Å². The van der Waals surface area contributed by atoms with E-state index < -0.39 is 9.84 Å². The molecule has 1 fully saturated rings. The summed E-state index contributed by atoms with van der Waals surface area (Å²) in [5, 5.41) is 0.991. The Morgan fingerprint density at radius 3 is 2.77 bits per heavy atom. The van der Waals surface area contributed by atoms with Crippen LogP contribution >= 0.6 is 15.9 Å². The van der Waals surface area contributed by atoms with Crippen molar-refractivity contribution in [3.63, 3.8) is 0 Å². The Bertz CT molecular complexity index is 857. The third-order valence-electron chi connectivity index (χ3n) is 4.31. The van der Waals surface area contributed by atoms with Crippen LogP contribution in [0.1, 0.15) is 22.5 Å². The topological polar surface area (TPSA) is 70.2 Å². The van der Waals surface area contributed by atoms with Gasteiger partial charge in [-0.3, -0.25) is 4.79 Å². The van der Waals surface area contributed by atoms with Crippen LogP contribution in [0.4, 0.5) is 0 Å². The first kappa shape index (κ1) is 15.6. The molecule has 1 aliphatic rings. The maximum absolute atomic E-state index is 12.7. The van der Waals surface area contributed by atoms with E-state index in [-0.39, 0.29) is 23.5 Å². The molecule has 7 heteroatoms. The summed E-state index contributed by atoms with van der Waals surface area (Å²) in [6.07, 6.45) is 0.509. The van der Waals surface area contributed by atoms with E-state index in [1.54, 1.807) is 11.9 Å². The van der Waals surface area contributed by atoms with Crippen LogP contribution in [0, 0.1) is 6.92 Å². The molecule has 1 saturated heterocycles. The predicted molar refractivity (Wildman–Crippen MR) is 89.9 cm³/mol. The van der Waals surface area contributed by atoms with E-state index in [9.17, 15) is 13.2 Å². The fraction of sp³-hybridized carbons (Fsp3) is 0.400. The summed E-state index contributed by atoms with van der Waals surface area (Å²) in [7, 11) is -1.33. The molecule has 1 aromatic heterocycles. The normalized spacial score (nSPS) is 20.4. The maximum Gasteiger partial charge on any atom is 0.270 e. The molecule has 2 heterocycles. The van der Waals surface area contributed by atoms with Crippen LogP contribution in [-0.4, -0.2) is 48.8 Å². The first-order valence-corrected chi connectivity index (χ1v) is 9.65. The summed E-state index contributed by atoms with van der Waals surface area (Å²) >= 11 is 3.43. The molecular weight excluding hydrogens is 368 g/mol. The van der Waals surface area contributed by atoms with Gasteiger partial charge in [0.15, 0.2) is 9.84 Å². The number of H-pyrrole nitrogens is 1. The van der Waals surface area contributed by atoms with E-state index in [0.717, 1.165) is 20.9 Å². The molecule has 2 aromatic rings. The summed E-state index contributed by atoms with van der Waals surface area (Å²) in [5.74, 6) is 0.0560. The first-order chi connectivity index (χ1) is 10.3. The Hall–Kier alpha value is -1.34. The van der Waals surface area contributed by atoms with Gasteiger partial charge in [-0.1, -0.05) is 15.9 Å². The number of aromatic nitrogens is 1. The molecule has 1 N–H and O–H groups in total. The number of nitrogens with one attached hydrogen (secondary N) is 1. The monoisotopic (exact) mass is 384 g/mol. The Morgan fingerprint density at radius 2 is 2.14 bits per heavy atom. The predicted octanol–water partition coefficient (Wildman–Crippen LogP) is 2.50. The average Bonchev–Trinajstić information content (AvgIpc) is 2.98. The van der Waals surface area contributed by atoms with Crippen LogP contribution in [-0.2, 0) is 9.84 Å². The minimum Gasteiger partial charge on any atom is -0.350 e. The molecular formula is C15H17BrN2O3S. The molecule has 0 saturated carbocycles. The summed E-state index contributed by atoms with van der Waals surface area (Å²) in [4.78, 5) is 17.4. The number of sulfone groups is 1. The van der Waals surface area contributed by atoms with Crippen LogP contribution in [0.5, 0.6) is 0 Å². The number of amides is 1. The number of fused-ring (bicyclic) bond motifs is 1. The second-order valence-electron chi connectivity index (χ2n) is 5.79. The lowest BCUT2D eigenvalue weighted by Gasteiger charge is -2.23. The van der Waals surface area contributed by atoms with Gasteiger partial charge < -0.3 is 9.88 Å². The van der Waals surface area contributed by atoms with E-state index in [1.165, 1.54) is 0 Å². The van der Waals surface area contributed by atoms with Gasteiger partial charge >= 0.3 is 0 Å².